The second-order valence-electron chi connectivity index (χ2n) is 4.73. The zero-order valence-electron chi connectivity index (χ0n) is 12.8. The van der Waals surface area contributed by atoms with E-state index in [-0.39, 0.29) is 6.61 Å². The van der Waals surface area contributed by atoms with Crippen molar-refractivity contribution in [3.63, 3.8) is 0 Å². The summed E-state index contributed by atoms with van der Waals surface area (Å²) in [5, 5.41) is 17.8. The molecule has 2 heterocycles. The lowest BCUT2D eigenvalue weighted by atomic mass is 10.1. The summed E-state index contributed by atoms with van der Waals surface area (Å²) in [6, 6.07) is 9.11. The molecule has 7 heteroatoms. The summed E-state index contributed by atoms with van der Waals surface area (Å²) in [6.45, 7) is -0.220. The molecule has 0 fully saturated rings. The van der Waals surface area contributed by atoms with Gasteiger partial charge in [-0.25, -0.2) is 4.68 Å². The maximum Gasteiger partial charge on any atom is 0.148 e. The van der Waals surface area contributed by atoms with Crippen LogP contribution in [0, 0.1) is 0 Å². The molecule has 2 aromatic heterocycles. The van der Waals surface area contributed by atoms with Crippen molar-refractivity contribution in [3.8, 4) is 28.4 Å². The van der Waals surface area contributed by atoms with Crippen molar-refractivity contribution in [3.05, 3.63) is 48.4 Å². The molecule has 0 radical (unpaired) electrons. The molecule has 1 N–H and O–H groups in total. The van der Waals surface area contributed by atoms with Crippen LogP contribution in [0.15, 0.2) is 42.7 Å². The standard InChI is InChI=1S/C16H16N4O3/c1-22-12-5-6-14(15(8-12)23-2)20-16(13(10-21)18-19-20)11-4-3-7-17-9-11/h3-9,21H,10H2,1-2H3. The highest BCUT2D eigenvalue weighted by molar-refractivity contribution is 5.65. The zero-order valence-corrected chi connectivity index (χ0v) is 12.8. The van der Waals surface area contributed by atoms with Crippen LogP contribution < -0.4 is 9.47 Å². The monoisotopic (exact) mass is 312 g/mol. The number of hydrogen-bond acceptors (Lipinski definition) is 6. The van der Waals surface area contributed by atoms with E-state index in [0.717, 1.165) is 5.56 Å². The Morgan fingerprint density at radius 2 is 2.04 bits per heavy atom. The Bertz CT molecular complexity index is 802. The predicted molar refractivity (Wildman–Crippen MR) is 83.6 cm³/mol. The van der Waals surface area contributed by atoms with Gasteiger partial charge in [0.05, 0.1) is 20.8 Å². The van der Waals surface area contributed by atoms with Crippen LogP contribution in [0.5, 0.6) is 11.5 Å². The van der Waals surface area contributed by atoms with Crippen LogP contribution in [-0.2, 0) is 6.61 Å². The van der Waals surface area contributed by atoms with Crippen LogP contribution in [-0.4, -0.2) is 39.3 Å². The van der Waals surface area contributed by atoms with E-state index in [4.69, 9.17) is 9.47 Å². The Labute approximate surface area is 133 Å². The van der Waals surface area contributed by atoms with Crippen molar-refractivity contribution >= 4 is 0 Å². The van der Waals surface area contributed by atoms with E-state index in [1.165, 1.54) is 0 Å². The van der Waals surface area contributed by atoms with Crippen molar-refractivity contribution in [2.24, 2.45) is 0 Å². The van der Waals surface area contributed by atoms with Crippen LogP contribution >= 0.6 is 0 Å². The summed E-state index contributed by atoms with van der Waals surface area (Å²) in [4.78, 5) is 4.12. The molecule has 0 aliphatic heterocycles. The van der Waals surface area contributed by atoms with Gasteiger partial charge in [-0.3, -0.25) is 4.98 Å². The second kappa shape index (κ2) is 6.45. The van der Waals surface area contributed by atoms with E-state index in [9.17, 15) is 5.11 Å². The van der Waals surface area contributed by atoms with E-state index in [1.54, 1.807) is 37.4 Å². The molecule has 0 aliphatic carbocycles. The summed E-state index contributed by atoms with van der Waals surface area (Å²) >= 11 is 0. The Balaban J connectivity index is 2.20. The summed E-state index contributed by atoms with van der Waals surface area (Å²) in [5.41, 5.74) is 2.64. The van der Waals surface area contributed by atoms with Gasteiger partial charge in [0.25, 0.3) is 0 Å². The first kappa shape index (κ1) is 15.0. The van der Waals surface area contributed by atoms with Gasteiger partial charge in [-0.15, -0.1) is 5.10 Å². The van der Waals surface area contributed by atoms with Crippen molar-refractivity contribution < 1.29 is 14.6 Å². The maximum atomic E-state index is 9.56. The average Bonchev–Trinajstić information content (AvgIpc) is 3.05. The van der Waals surface area contributed by atoms with Gasteiger partial charge >= 0.3 is 0 Å². The number of ether oxygens (including phenoxy) is 2. The van der Waals surface area contributed by atoms with Crippen molar-refractivity contribution in [1.82, 2.24) is 20.0 Å². The maximum absolute atomic E-state index is 9.56. The number of nitrogens with zero attached hydrogens (tertiary/aromatic N) is 4. The fraction of sp³-hybridized carbons (Fsp3) is 0.188. The molecular weight excluding hydrogens is 296 g/mol. The molecule has 3 rings (SSSR count). The van der Waals surface area contributed by atoms with Crippen LogP contribution in [0.25, 0.3) is 16.9 Å². The number of aromatic nitrogens is 4. The largest absolute Gasteiger partial charge is 0.497 e. The number of hydrogen-bond donors (Lipinski definition) is 1. The van der Waals surface area contributed by atoms with E-state index in [1.807, 2.05) is 24.3 Å². The van der Waals surface area contributed by atoms with Crippen LogP contribution in [0.2, 0.25) is 0 Å². The first-order valence-corrected chi connectivity index (χ1v) is 6.96. The second-order valence-corrected chi connectivity index (χ2v) is 4.73. The molecule has 0 amide bonds. The van der Waals surface area contributed by atoms with Crippen LogP contribution in [0.1, 0.15) is 5.69 Å². The lowest BCUT2D eigenvalue weighted by Crippen LogP contribution is -2.03. The zero-order chi connectivity index (χ0) is 16.2. The van der Waals surface area contributed by atoms with Gasteiger partial charge in [0.1, 0.15) is 28.6 Å². The van der Waals surface area contributed by atoms with E-state index < -0.39 is 0 Å². The first-order chi connectivity index (χ1) is 11.3. The van der Waals surface area contributed by atoms with Crippen molar-refractivity contribution in [1.29, 1.82) is 0 Å². The normalized spacial score (nSPS) is 10.6. The highest BCUT2D eigenvalue weighted by Crippen LogP contribution is 2.32. The van der Waals surface area contributed by atoms with E-state index in [0.29, 0.717) is 28.6 Å². The first-order valence-electron chi connectivity index (χ1n) is 6.96. The number of methoxy groups -OCH3 is 2. The lowest BCUT2D eigenvalue weighted by Gasteiger charge is -2.12. The highest BCUT2D eigenvalue weighted by atomic mass is 16.5. The fourth-order valence-corrected chi connectivity index (χ4v) is 2.34. The van der Waals surface area contributed by atoms with Gasteiger partial charge in [0.2, 0.25) is 0 Å². The SMILES string of the molecule is COc1ccc(-n2nnc(CO)c2-c2cccnc2)c(OC)c1. The molecule has 0 saturated heterocycles. The van der Waals surface area contributed by atoms with Gasteiger partial charge in [0, 0.05) is 24.0 Å². The van der Waals surface area contributed by atoms with E-state index >= 15 is 0 Å². The molecule has 0 spiro atoms. The third-order valence-electron chi connectivity index (χ3n) is 3.44. The predicted octanol–water partition coefficient (Wildman–Crippen LogP) is 1.84. The molecule has 1 aromatic carbocycles. The van der Waals surface area contributed by atoms with Crippen LogP contribution in [0.4, 0.5) is 0 Å². The van der Waals surface area contributed by atoms with Crippen LogP contribution in [0.3, 0.4) is 0 Å². The minimum Gasteiger partial charge on any atom is -0.497 e. The van der Waals surface area contributed by atoms with Gasteiger partial charge in [-0.05, 0) is 24.3 Å². The minimum atomic E-state index is -0.220. The molecule has 0 aliphatic rings. The number of aliphatic hydroxyl groups excluding tert-OH is 1. The van der Waals surface area contributed by atoms with Gasteiger partial charge < -0.3 is 14.6 Å². The highest BCUT2D eigenvalue weighted by Gasteiger charge is 2.18. The molecule has 0 bridgehead atoms. The number of pyridine rings is 1. The Morgan fingerprint density at radius 3 is 2.70 bits per heavy atom. The molecule has 7 nitrogen and oxygen atoms in total. The molecule has 3 aromatic rings. The minimum absolute atomic E-state index is 0.220. The molecule has 0 saturated carbocycles. The molecular formula is C16H16N4O3. The molecule has 0 atom stereocenters. The van der Waals surface area contributed by atoms with Gasteiger partial charge in [-0.1, -0.05) is 5.21 Å². The molecule has 118 valence electrons. The average molecular weight is 312 g/mol. The van der Waals surface area contributed by atoms with Crippen molar-refractivity contribution in [2.75, 3.05) is 14.2 Å². The Morgan fingerprint density at radius 1 is 1.17 bits per heavy atom. The topological polar surface area (TPSA) is 82.3 Å². The molecule has 23 heavy (non-hydrogen) atoms. The number of aliphatic hydroxyl groups is 1. The van der Waals surface area contributed by atoms with Crippen molar-refractivity contribution in [2.45, 2.75) is 6.61 Å². The quantitative estimate of drug-likeness (QED) is 0.774. The lowest BCUT2D eigenvalue weighted by molar-refractivity contribution is 0.277. The van der Waals surface area contributed by atoms with Gasteiger partial charge in [0.15, 0.2) is 0 Å². The van der Waals surface area contributed by atoms with Gasteiger partial charge in [-0.2, -0.15) is 0 Å². The smallest absolute Gasteiger partial charge is 0.148 e. The summed E-state index contributed by atoms with van der Waals surface area (Å²) in [5.74, 6) is 1.26. The summed E-state index contributed by atoms with van der Waals surface area (Å²) in [6.07, 6.45) is 3.38. The van der Waals surface area contributed by atoms with E-state index in [2.05, 4.69) is 15.3 Å². The third kappa shape index (κ3) is 2.74. The number of benzene rings is 1. The summed E-state index contributed by atoms with van der Waals surface area (Å²) < 4.78 is 12.3. The third-order valence-corrected chi connectivity index (χ3v) is 3.44. The Kier molecular flexibility index (Phi) is 4.20. The molecule has 0 unspecified atom stereocenters. The Hall–Kier alpha value is -2.93. The number of rotatable bonds is 5. The fourth-order valence-electron chi connectivity index (χ4n) is 2.34. The summed E-state index contributed by atoms with van der Waals surface area (Å²) in [7, 11) is 3.17.